The molecule has 1 atom stereocenters. The van der Waals surface area contributed by atoms with Crippen LogP contribution in [0.2, 0.25) is 0 Å². The molecule has 0 aromatic rings. The lowest BCUT2D eigenvalue weighted by molar-refractivity contribution is -0.454. The van der Waals surface area contributed by atoms with Crippen LogP contribution >= 0.6 is 0 Å². The minimum Gasteiger partial charge on any atom is -0.476 e. The zero-order valence-electron chi connectivity index (χ0n) is 7.68. The van der Waals surface area contributed by atoms with Gasteiger partial charge in [0.1, 0.15) is 0 Å². The number of carboxylic acids is 1. The van der Waals surface area contributed by atoms with Gasteiger partial charge in [0.05, 0.1) is 6.54 Å². The summed E-state index contributed by atoms with van der Waals surface area (Å²) in [6.07, 6.45) is 1.55. The van der Waals surface area contributed by atoms with Gasteiger partial charge in [-0.25, -0.2) is 9.18 Å². The molecule has 0 saturated carbocycles. The molecule has 4 nitrogen and oxygen atoms in total. The lowest BCUT2D eigenvalue weighted by Gasteiger charge is -2.17. The maximum absolute atomic E-state index is 12.8. The molecular formula is C8H17FN2O2+2. The van der Waals surface area contributed by atoms with E-state index < -0.39 is 17.3 Å². The van der Waals surface area contributed by atoms with Crippen molar-refractivity contribution in [3.63, 3.8) is 0 Å². The molecule has 0 aliphatic heterocycles. The summed E-state index contributed by atoms with van der Waals surface area (Å²) in [6.45, 7) is 3.72. The largest absolute Gasteiger partial charge is 0.476 e. The molecule has 0 amide bonds. The average molecular weight is 192 g/mol. The zero-order valence-corrected chi connectivity index (χ0v) is 7.68. The van der Waals surface area contributed by atoms with E-state index in [4.69, 9.17) is 5.11 Å². The highest BCUT2D eigenvalue weighted by Crippen LogP contribution is 2.18. The summed E-state index contributed by atoms with van der Waals surface area (Å²) >= 11 is 0. The second-order valence-corrected chi connectivity index (χ2v) is 3.10. The van der Waals surface area contributed by atoms with E-state index in [1.54, 1.807) is 0 Å². The molecule has 0 aromatic carbocycles. The van der Waals surface area contributed by atoms with Crippen molar-refractivity contribution in [2.75, 3.05) is 6.54 Å². The van der Waals surface area contributed by atoms with Crippen LogP contribution in [0.3, 0.4) is 0 Å². The molecule has 0 saturated heterocycles. The Morgan fingerprint density at radius 3 is 2.38 bits per heavy atom. The minimum atomic E-state index is -1.67. The van der Waals surface area contributed by atoms with Crippen LogP contribution in [0.15, 0.2) is 12.4 Å². The maximum atomic E-state index is 12.8. The highest BCUT2D eigenvalue weighted by Gasteiger charge is 2.41. The van der Waals surface area contributed by atoms with E-state index in [1.807, 2.05) is 0 Å². The van der Waals surface area contributed by atoms with Gasteiger partial charge in [0.2, 0.25) is 5.54 Å². The van der Waals surface area contributed by atoms with Gasteiger partial charge in [0.15, 0.2) is 5.83 Å². The van der Waals surface area contributed by atoms with Crippen molar-refractivity contribution in [2.45, 2.75) is 24.8 Å². The third kappa shape index (κ3) is 3.12. The molecule has 7 N–H and O–H groups in total. The standard InChI is InChI=1S/C8H15FN2O2/c1-6(9)8(11,7(12)13)4-2-3-5-10/h1-5,10-11H2,(H,12,13)/p+2/t8-/m1/s1. The smallest absolute Gasteiger partial charge is 0.372 e. The van der Waals surface area contributed by atoms with Gasteiger partial charge in [-0.05, 0) is 12.8 Å². The molecule has 0 rings (SSSR count). The number of rotatable bonds is 6. The van der Waals surface area contributed by atoms with Crippen LogP contribution in [-0.4, -0.2) is 23.2 Å². The summed E-state index contributed by atoms with van der Waals surface area (Å²) in [5.74, 6) is -2.15. The lowest BCUT2D eigenvalue weighted by Crippen LogP contribution is -2.77. The van der Waals surface area contributed by atoms with E-state index in [2.05, 4.69) is 18.0 Å². The molecule has 0 unspecified atom stereocenters. The molecule has 5 heteroatoms. The number of carbonyl (C=O) groups is 1. The van der Waals surface area contributed by atoms with E-state index in [1.165, 1.54) is 0 Å². The summed E-state index contributed by atoms with van der Waals surface area (Å²) in [6, 6.07) is 0. The molecule has 0 aromatic heterocycles. The Kier molecular flexibility index (Phi) is 4.58. The Morgan fingerprint density at radius 2 is 2.08 bits per heavy atom. The third-order valence-corrected chi connectivity index (χ3v) is 2.03. The van der Waals surface area contributed by atoms with Crippen molar-refractivity contribution in [1.82, 2.24) is 0 Å². The summed E-state index contributed by atoms with van der Waals surface area (Å²) in [5.41, 5.74) is 5.29. The molecule has 76 valence electrons. The number of hydrogen-bond acceptors (Lipinski definition) is 1. The zero-order chi connectivity index (χ0) is 10.5. The number of carboxylic acid groups (broad SMARTS) is 1. The number of aliphatic carboxylic acids is 1. The minimum absolute atomic E-state index is 0.174. The van der Waals surface area contributed by atoms with Gasteiger partial charge in [-0.15, -0.1) is 0 Å². The average Bonchev–Trinajstić information content (AvgIpc) is 2.03. The number of unbranched alkanes of at least 4 members (excludes halogenated alkanes) is 1. The third-order valence-electron chi connectivity index (χ3n) is 2.03. The van der Waals surface area contributed by atoms with Crippen LogP contribution < -0.4 is 11.5 Å². The van der Waals surface area contributed by atoms with Crippen molar-refractivity contribution in [3.8, 4) is 0 Å². The Labute approximate surface area is 76.4 Å². The second-order valence-electron chi connectivity index (χ2n) is 3.10. The quantitative estimate of drug-likeness (QED) is 0.468. The molecule has 0 radical (unpaired) electrons. The van der Waals surface area contributed by atoms with Crippen molar-refractivity contribution < 1.29 is 25.8 Å². The van der Waals surface area contributed by atoms with Crippen molar-refractivity contribution in [1.29, 1.82) is 0 Å². The van der Waals surface area contributed by atoms with Gasteiger partial charge in [-0.3, -0.25) is 0 Å². The van der Waals surface area contributed by atoms with Gasteiger partial charge in [-0.2, -0.15) is 0 Å². The van der Waals surface area contributed by atoms with Crippen LogP contribution in [0.5, 0.6) is 0 Å². The topological polar surface area (TPSA) is 92.6 Å². The highest BCUT2D eigenvalue weighted by molar-refractivity contribution is 5.79. The van der Waals surface area contributed by atoms with Crippen molar-refractivity contribution >= 4 is 5.97 Å². The van der Waals surface area contributed by atoms with Gasteiger partial charge in [0, 0.05) is 6.42 Å². The fourth-order valence-electron chi connectivity index (χ4n) is 0.962. The van der Waals surface area contributed by atoms with Crippen LogP contribution in [-0.2, 0) is 4.79 Å². The molecule has 0 aliphatic carbocycles. The summed E-state index contributed by atoms with van der Waals surface area (Å²) < 4.78 is 12.8. The van der Waals surface area contributed by atoms with E-state index in [9.17, 15) is 9.18 Å². The number of quaternary nitrogens is 2. The normalized spacial score (nSPS) is 15.0. The predicted molar refractivity (Wildman–Crippen MR) is 45.1 cm³/mol. The first-order chi connectivity index (χ1) is 5.95. The highest BCUT2D eigenvalue weighted by atomic mass is 19.1. The monoisotopic (exact) mass is 192 g/mol. The van der Waals surface area contributed by atoms with E-state index >= 15 is 0 Å². The summed E-state index contributed by atoms with van der Waals surface area (Å²) in [4.78, 5) is 10.7. The first-order valence-corrected chi connectivity index (χ1v) is 4.18. The molecule has 0 fully saturated rings. The van der Waals surface area contributed by atoms with Gasteiger partial charge < -0.3 is 16.6 Å². The van der Waals surface area contributed by atoms with Gasteiger partial charge in [0.25, 0.3) is 0 Å². The molecule has 13 heavy (non-hydrogen) atoms. The molecular weight excluding hydrogens is 175 g/mol. The van der Waals surface area contributed by atoms with Crippen LogP contribution in [0.25, 0.3) is 0 Å². The predicted octanol–water partition coefficient (Wildman–Crippen LogP) is -1.05. The van der Waals surface area contributed by atoms with Crippen LogP contribution in [0.1, 0.15) is 19.3 Å². The Morgan fingerprint density at radius 1 is 1.54 bits per heavy atom. The first-order valence-electron chi connectivity index (χ1n) is 4.18. The molecule has 0 bridgehead atoms. The lowest BCUT2D eigenvalue weighted by atomic mass is 9.93. The van der Waals surface area contributed by atoms with Gasteiger partial charge in [-0.1, -0.05) is 6.58 Å². The fourth-order valence-corrected chi connectivity index (χ4v) is 0.962. The van der Waals surface area contributed by atoms with Crippen LogP contribution in [0, 0.1) is 0 Å². The Hall–Kier alpha value is -0.940. The van der Waals surface area contributed by atoms with Crippen LogP contribution in [0.4, 0.5) is 4.39 Å². The van der Waals surface area contributed by atoms with E-state index in [-0.39, 0.29) is 6.42 Å². The number of halogens is 1. The summed E-state index contributed by atoms with van der Waals surface area (Å²) in [5, 5.41) is 8.72. The van der Waals surface area contributed by atoms with Crippen molar-refractivity contribution in [2.24, 2.45) is 0 Å². The SMILES string of the molecule is C=C(F)[C@]([NH3+])(CCCC[NH3+])C(=O)O. The van der Waals surface area contributed by atoms with E-state index in [0.29, 0.717) is 13.0 Å². The fraction of sp³-hybridized carbons (Fsp3) is 0.625. The Balaban J connectivity index is 4.26. The van der Waals surface area contributed by atoms with Crippen molar-refractivity contribution in [3.05, 3.63) is 12.4 Å². The molecule has 0 spiro atoms. The second kappa shape index (κ2) is 4.94. The number of hydrogen-bond donors (Lipinski definition) is 3. The van der Waals surface area contributed by atoms with E-state index in [0.717, 1.165) is 6.42 Å². The molecule has 0 heterocycles. The first kappa shape index (κ1) is 12.1. The molecule has 0 aliphatic rings. The summed E-state index contributed by atoms with van der Waals surface area (Å²) in [7, 11) is 0. The Bertz CT molecular complexity index is 192. The maximum Gasteiger partial charge on any atom is 0.372 e. The van der Waals surface area contributed by atoms with Gasteiger partial charge >= 0.3 is 5.97 Å².